The fraction of sp³-hybridized carbons (Fsp3) is 0.600. The van der Waals surface area contributed by atoms with Crippen LogP contribution in [0.4, 0.5) is 0 Å². The van der Waals surface area contributed by atoms with Crippen LogP contribution in [0.2, 0.25) is 0 Å². The van der Waals surface area contributed by atoms with Crippen LogP contribution in [-0.4, -0.2) is 42.3 Å². The Hall–Kier alpha value is -1.67. The first kappa shape index (κ1) is 19.4. The minimum absolute atomic E-state index is 0.412. The minimum atomic E-state index is -0.480. The van der Waals surface area contributed by atoms with Crippen LogP contribution < -0.4 is 10.6 Å². The second-order valence-corrected chi connectivity index (χ2v) is 5.99. The van der Waals surface area contributed by atoms with Crippen LogP contribution in [0.3, 0.4) is 0 Å². The van der Waals surface area contributed by atoms with Crippen molar-refractivity contribution in [3.05, 3.63) is 45.8 Å². The molecule has 0 radical (unpaired) electrons. The second-order valence-electron chi connectivity index (χ2n) is 4.89. The van der Waals surface area contributed by atoms with Gasteiger partial charge in [0.2, 0.25) is 0 Å². The summed E-state index contributed by atoms with van der Waals surface area (Å²) in [7, 11) is 1.65. The van der Waals surface area contributed by atoms with Gasteiger partial charge >= 0.3 is 0 Å². The lowest BCUT2D eigenvalue weighted by atomic mass is 10.4. The zero-order valence-corrected chi connectivity index (χ0v) is 14.8. The molecule has 7 nitrogen and oxygen atoms in total. The highest BCUT2D eigenvalue weighted by molar-refractivity contribution is 7.98. The maximum atomic E-state index is 10.4. The van der Waals surface area contributed by atoms with Gasteiger partial charge in [-0.2, -0.15) is 11.8 Å². The number of hydrogen-bond donors (Lipinski definition) is 2. The molecule has 0 saturated heterocycles. The second kappa shape index (κ2) is 11.0. The molecule has 0 aliphatic heterocycles. The third-order valence-corrected chi connectivity index (χ3v) is 4.28. The van der Waals surface area contributed by atoms with Crippen LogP contribution >= 0.6 is 11.8 Å². The summed E-state index contributed by atoms with van der Waals surface area (Å²) in [6, 6.07) is 4.05. The lowest BCUT2D eigenvalue weighted by molar-refractivity contribution is -0.404. The smallest absolute Gasteiger partial charge is 0.274 e. The molecule has 0 atom stereocenters. The van der Waals surface area contributed by atoms with Crippen LogP contribution in [0.1, 0.15) is 25.4 Å². The molecule has 1 aromatic rings. The molecule has 0 unspecified atom stereocenters. The van der Waals surface area contributed by atoms with E-state index in [2.05, 4.69) is 29.4 Å². The van der Waals surface area contributed by atoms with E-state index in [4.69, 9.17) is 4.42 Å². The Morgan fingerprint density at radius 2 is 2.09 bits per heavy atom. The summed E-state index contributed by atoms with van der Waals surface area (Å²) >= 11 is 1.73. The van der Waals surface area contributed by atoms with Crippen LogP contribution in [-0.2, 0) is 12.3 Å². The molecular formula is C15H26N4O3S. The van der Waals surface area contributed by atoms with E-state index >= 15 is 0 Å². The number of nitrogens with zero attached hydrogens (tertiary/aromatic N) is 2. The van der Waals surface area contributed by atoms with E-state index in [-0.39, 0.29) is 0 Å². The number of nitrogens with one attached hydrogen (secondary N) is 2. The third kappa shape index (κ3) is 7.94. The van der Waals surface area contributed by atoms with Gasteiger partial charge in [-0.1, -0.05) is 13.8 Å². The summed E-state index contributed by atoms with van der Waals surface area (Å²) in [6.07, 6.45) is 0.927. The zero-order chi connectivity index (χ0) is 17.1. The molecule has 0 amide bonds. The molecule has 8 heteroatoms. The topological polar surface area (TPSA) is 83.6 Å². The fourth-order valence-electron chi connectivity index (χ4n) is 1.99. The highest BCUT2D eigenvalue weighted by Crippen LogP contribution is 2.16. The van der Waals surface area contributed by atoms with E-state index in [0.29, 0.717) is 12.4 Å². The van der Waals surface area contributed by atoms with Crippen molar-refractivity contribution in [2.45, 2.75) is 26.1 Å². The predicted octanol–water partition coefficient (Wildman–Crippen LogP) is 2.24. The highest BCUT2D eigenvalue weighted by atomic mass is 32.2. The summed E-state index contributed by atoms with van der Waals surface area (Å²) in [4.78, 5) is 12.2. The summed E-state index contributed by atoms with van der Waals surface area (Å²) in [6.45, 7) is 7.80. The molecule has 23 heavy (non-hydrogen) atoms. The van der Waals surface area contributed by atoms with Gasteiger partial charge in [-0.05, 0) is 25.2 Å². The van der Waals surface area contributed by atoms with Crippen molar-refractivity contribution in [1.29, 1.82) is 0 Å². The van der Waals surface area contributed by atoms with E-state index in [1.165, 1.54) is 0 Å². The van der Waals surface area contributed by atoms with Gasteiger partial charge in [-0.15, -0.1) is 0 Å². The molecule has 130 valence electrons. The van der Waals surface area contributed by atoms with E-state index < -0.39 is 4.92 Å². The molecule has 2 N–H and O–H groups in total. The Morgan fingerprint density at radius 1 is 1.39 bits per heavy atom. The van der Waals surface area contributed by atoms with E-state index in [0.717, 1.165) is 48.9 Å². The molecule has 0 saturated carbocycles. The van der Waals surface area contributed by atoms with Gasteiger partial charge in [-0.25, -0.2) is 0 Å². The summed E-state index contributed by atoms with van der Waals surface area (Å²) in [5, 5.41) is 16.1. The molecular weight excluding hydrogens is 316 g/mol. The average molecular weight is 342 g/mol. The van der Waals surface area contributed by atoms with Gasteiger partial charge in [0, 0.05) is 19.3 Å². The number of furan rings is 1. The van der Waals surface area contributed by atoms with E-state index in [1.54, 1.807) is 18.8 Å². The van der Waals surface area contributed by atoms with Crippen LogP contribution in [0.15, 0.2) is 28.6 Å². The number of nitro groups is 1. The minimum Gasteiger partial charge on any atom is -0.464 e. The van der Waals surface area contributed by atoms with Crippen molar-refractivity contribution in [1.82, 2.24) is 15.5 Å². The maximum Gasteiger partial charge on any atom is 0.274 e. The third-order valence-electron chi connectivity index (χ3n) is 3.30. The molecule has 1 aromatic heterocycles. The number of rotatable bonds is 12. The van der Waals surface area contributed by atoms with Gasteiger partial charge in [0.05, 0.1) is 17.2 Å². The van der Waals surface area contributed by atoms with Crippen molar-refractivity contribution in [3.8, 4) is 0 Å². The SMILES string of the molecule is CCN(CC)Cc1ccc(CSCCNC(=C[N+](=O)[O-])NC)o1. The van der Waals surface area contributed by atoms with E-state index in [1.807, 2.05) is 12.1 Å². The zero-order valence-electron chi connectivity index (χ0n) is 14.0. The largest absolute Gasteiger partial charge is 0.464 e. The highest BCUT2D eigenvalue weighted by Gasteiger charge is 2.06. The predicted molar refractivity (Wildman–Crippen MR) is 93.6 cm³/mol. The number of thioether (sulfide) groups is 1. The van der Waals surface area contributed by atoms with Gasteiger partial charge in [0.25, 0.3) is 6.20 Å². The molecule has 1 rings (SSSR count). The Bertz CT molecular complexity index is 501. The normalized spacial score (nSPS) is 11.7. The Balaban J connectivity index is 2.26. The lowest BCUT2D eigenvalue weighted by Gasteiger charge is -2.15. The quantitative estimate of drug-likeness (QED) is 0.342. The Labute approximate surface area is 141 Å². The lowest BCUT2D eigenvalue weighted by Crippen LogP contribution is -2.26. The van der Waals surface area contributed by atoms with Gasteiger partial charge in [0.15, 0.2) is 5.82 Å². The van der Waals surface area contributed by atoms with E-state index in [9.17, 15) is 10.1 Å². The standard InChI is InChI=1S/C15H26N4O3S/c1-4-18(5-2)10-13-6-7-14(22-13)12-23-9-8-17-15(16-3)11-19(20)21/h6-7,11,16-17H,4-5,8-10,12H2,1-3H3. The maximum absolute atomic E-state index is 10.4. The Kier molecular flexibility index (Phi) is 9.23. The molecule has 0 aromatic carbocycles. The summed E-state index contributed by atoms with van der Waals surface area (Å²) in [5.74, 6) is 4.01. The van der Waals surface area contributed by atoms with Crippen LogP contribution in [0, 0.1) is 10.1 Å². The average Bonchev–Trinajstić information content (AvgIpc) is 2.98. The molecule has 0 aliphatic rings. The first-order chi connectivity index (χ1) is 11.1. The Morgan fingerprint density at radius 3 is 2.70 bits per heavy atom. The van der Waals surface area contributed by atoms with Crippen molar-refractivity contribution in [2.24, 2.45) is 0 Å². The number of hydrogen-bond acceptors (Lipinski definition) is 7. The van der Waals surface area contributed by atoms with Crippen molar-refractivity contribution in [3.63, 3.8) is 0 Å². The van der Waals surface area contributed by atoms with Gasteiger partial charge in [0.1, 0.15) is 11.5 Å². The summed E-state index contributed by atoms with van der Waals surface area (Å²) < 4.78 is 5.82. The monoisotopic (exact) mass is 342 g/mol. The van der Waals surface area contributed by atoms with Crippen LogP contribution in [0.5, 0.6) is 0 Å². The molecule has 0 bridgehead atoms. The first-order valence-corrected chi connectivity index (χ1v) is 8.89. The van der Waals surface area contributed by atoms with Crippen molar-refractivity contribution >= 4 is 11.8 Å². The molecule has 0 spiro atoms. The van der Waals surface area contributed by atoms with Crippen LogP contribution in [0.25, 0.3) is 0 Å². The van der Waals surface area contributed by atoms with Crippen molar-refractivity contribution in [2.75, 3.05) is 32.4 Å². The molecule has 0 aliphatic carbocycles. The summed E-state index contributed by atoms with van der Waals surface area (Å²) in [5.41, 5.74) is 0. The first-order valence-electron chi connectivity index (χ1n) is 7.73. The molecule has 0 fully saturated rings. The van der Waals surface area contributed by atoms with Gasteiger partial charge in [-0.3, -0.25) is 15.0 Å². The van der Waals surface area contributed by atoms with Gasteiger partial charge < -0.3 is 15.1 Å². The van der Waals surface area contributed by atoms with Crippen molar-refractivity contribution < 1.29 is 9.34 Å². The molecule has 1 heterocycles. The fourth-order valence-corrected chi connectivity index (χ4v) is 2.73.